The fourth-order valence-electron chi connectivity index (χ4n) is 2.08. The third-order valence-corrected chi connectivity index (χ3v) is 4.58. The predicted octanol–water partition coefficient (Wildman–Crippen LogP) is -1.49. The summed E-state index contributed by atoms with van der Waals surface area (Å²) in [4.78, 5) is 44.9. The fraction of sp³-hybridized carbons (Fsp3) is 0.267. The molecule has 0 radical (unpaired) electrons. The van der Waals surface area contributed by atoms with Crippen molar-refractivity contribution in [1.29, 1.82) is 0 Å². The monoisotopic (exact) mass is 462 g/mol. The third-order valence-electron chi connectivity index (χ3n) is 3.43. The van der Waals surface area contributed by atoms with Gasteiger partial charge in [0.1, 0.15) is 12.1 Å². The van der Waals surface area contributed by atoms with E-state index in [-0.39, 0.29) is 15.7 Å². The molecular weight excluding hydrogens is 444 g/mol. The van der Waals surface area contributed by atoms with Crippen molar-refractivity contribution in [1.82, 2.24) is 10.6 Å². The minimum absolute atomic E-state index is 0.159. The normalized spacial score (nSPS) is 12.8. The van der Waals surface area contributed by atoms with Crippen LogP contribution in [0.25, 0.3) is 0 Å². The maximum atomic E-state index is 12.3. The van der Waals surface area contributed by atoms with Gasteiger partial charge < -0.3 is 31.3 Å². The van der Waals surface area contributed by atoms with Crippen molar-refractivity contribution < 1.29 is 42.9 Å². The maximum Gasteiger partial charge on any atom is 0.326 e. The highest BCUT2D eigenvalue weighted by atomic mass is 32.2. The van der Waals surface area contributed by atoms with E-state index in [1.54, 1.807) is 0 Å². The zero-order chi connectivity index (χ0) is 23.1. The molecule has 0 fully saturated rings. The Morgan fingerprint density at radius 2 is 1.43 bits per heavy atom. The molecule has 164 valence electrons. The summed E-state index contributed by atoms with van der Waals surface area (Å²) >= 11 is 4.98. The average Bonchev–Trinajstić information content (AvgIpc) is 2.59. The Kier molecular flexibility index (Phi) is 8.63. The molecule has 0 unspecified atom stereocenters. The van der Waals surface area contributed by atoms with E-state index in [9.17, 15) is 27.6 Å². The molecule has 0 aliphatic rings. The summed E-state index contributed by atoms with van der Waals surface area (Å²) in [6, 6.07) is 1.69. The van der Waals surface area contributed by atoms with Gasteiger partial charge in [-0.15, -0.1) is 0 Å². The number of sulfonamides is 1. The number of carbonyl (C=O) groups excluding carboxylic acids is 1. The zero-order valence-corrected chi connectivity index (χ0v) is 16.7. The second-order valence-electron chi connectivity index (χ2n) is 5.82. The number of hydrogen-bond donors (Lipinski definition) is 7. The summed E-state index contributed by atoms with van der Waals surface area (Å²) in [5.41, 5.74) is 0.281. The van der Waals surface area contributed by atoms with Gasteiger partial charge in [0.25, 0.3) is 0 Å². The van der Waals surface area contributed by atoms with Crippen molar-refractivity contribution in [2.45, 2.75) is 29.8 Å². The minimum atomic E-state index is -3.90. The van der Waals surface area contributed by atoms with Crippen LogP contribution in [-0.2, 0) is 29.2 Å². The summed E-state index contributed by atoms with van der Waals surface area (Å²) in [6.45, 7) is 0. The van der Waals surface area contributed by atoms with E-state index in [0.29, 0.717) is 0 Å². The number of anilines is 1. The van der Waals surface area contributed by atoms with Crippen molar-refractivity contribution in [3.05, 3.63) is 24.3 Å². The second-order valence-corrected chi connectivity index (χ2v) is 7.79. The molecule has 1 amide bonds. The lowest BCUT2D eigenvalue weighted by Gasteiger charge is -2.21. The van der Waals surface area contributed by atoms with E-state index < -0.39 is 58.8 Å². The van der Waals surface area contributed by atoms with E-state index in [1.165, 1.54) is 24.3 Å². The Labute approximate surface area is 175 Å². The van der Waals surface area contributed by atoms with E-state index in [4.69, 9.17) is 32.7 Å². The van der Waals surface area contributed by atoms with Crippen LogP contribution in [0.15, 0.2) is 29.2 Å². The first-order chi connectivity index (χ1) is 13.8. The number of nitrogens with two attached hydrogens (primary N) is 1. The van der Waals surface area contributed by atoms with Gasteiger partial charge in [-0.05, 0) is 36.5 Å². The molecule has 1 aromatic carbocycles. The lowest BCUT2D eigenvalue weighted by atomic mass is 10.1. The second kappa shape index (κ2) is 10.5. The average molecular weight is 462 g/mol. The van der Waals surface area contributed by atoms with E-state index in [2.05, 4.69) is 10.6 Å². The van der Waals surface area contributed by atoms with Gasteiger partial charge in [0, 0.05) is 5.69 Å². The molecular formula is C15H18N4O9S2. The number of hydrogen-bond acceptors (Lipinski definition) is 7. The number of carboxylic acid groups (broad SMARTS) is 3. The minimum Gasteiger partial charge on any atom is -0.481 e. The van der Waals surface area contributed by atoms with Gasteiger partial charge in [-0.2, -0.15) is 0 Å². The molecule has 0 bridgehead atoms. The number of carbonyl (C=O) groups is 4. The lowest BCUT2D eigenvalue weighted by molar-refractivity contribution is -0.147. The highest BCUT2D eigenvalue weighted by Crippen LogP contribution is 2.12. The molecule has 8 N–H and O–H groups in total. The molecule has 0 aliphatic heterocycles. The number of primary sulfonamides is 1. The van der Waals surface area contributed by atoms with Gasteiger partial charge in [0.15, 0.2) is 5.11 Å². The quantitative estimate of drug-likeness (QED) is 0.197. The van der Waals surface area contributed by atoms with Gasteiger partial charge in [0.05, 0.1) is 17.7 Å². The first-order valence-electron chi connectivity index (χ1n) is 7.96. The predicted molar refractivity (Wildman–Crippen MR) is 105 cm³/mol. The Bertz CT molecular complexity index is 947. The molecule has 15 heteroatoms. The number of nitrogens with one attached hydrogen (secondary N) is 3. The Hall–Kier alpha value is -3.30. The van der Waals surface area contributed by atoms with Gasteiger partial charge in [-0.25, -0.2) is 18.4 Å². The number of thiocarbonyl (C=S) groups is 1. The number of rotatable bonds is 10. The van der Waals surface area contributed by atoms with Crippen molar-refractivity contribution in [2.24, 2.45) is 5.14 Å². The fourth-order valence-corrected chi connectivity index (χ4v) is 2.86. The highest BCUT2D eigenvalue weighted by Gasteiger charge is 2.29. The largest absolute Gasteiger partial charge is 0.481 e. The first kappa shape index (κ1) is 24.7. The van der Waals surface area contributed by atoms with Crippen LogP contribution in [0.4, 0.5) is 5.69 Å². The van der Waals surface area contributed by atoms with E-state index in [0.717, 1.165) is 0 Å². The van der Waals surface area contributed by atoms with Crippen LogP contribution < -0.4 is 21.1 Å². The smallest absolute Gasteiger partial charge is 0.326 e. The number of benzene rings is 1. The Morgan fingerprint density at radius 3 is 1.87 bits per heavy atom. The summed E-state index contributed by atoms with van der Waals surface area (Å²) in [6.07, 6.45) is -1.71. The molecule has 0 aromatic heterocycles. The van der Waals surface area contributed by atoms with Gasteiger partial charge in [0.2, 0.25) is 15.9 Å². The lowest BCUT2D eigenvalue weighted by Crippen LogP contribution is -2.53. The number of carboxylic acids is 3. The summed E-state index contributed by atoms with van der Waals surface area (Å²) in [7, 11) is -3.90. The SMILES string of the molecule is NS(=O)(=O)c1ccc(NC(=S)N[C@@H](CC(=O)O)C(=O)N[C@@H](CC(=O)O)C(=O)O)cc1. The van der Waals surface area contributed by atoms with Crippen LogP contribution in [0.1, 0.15) is 12.8 Å². The standard InChI is InChI=1S/C15H18N4O9S2/c16-30(27,28)8-3-1-7(2-4-8)17-15(29)19-9(5-11(20)21)13(24)18-10(14(25)26)6-12(22)23/h1-4,9-10H,5-6H2,(H,18,24)(H,20,21)(H,22,23)(H,25,26)(H2,16,27,28)(H2,17,19,29)/t9-,10-/m0/s1. The third kappa shape index (κ3) is 8.38. The van der Waals surface area contributed by atoms with E-state index in [1.807, 2.05) is 5.32 Å². The van der Waals surface area contributed by atoms with Crippen LogP contribution in [0.3, 0.4) is 0 Å². The topological polar surface area (TPSA) is 225 Å². The van der Waals surface area contributed by atoms with Crippen LogP contribution in [0, 0.1) is 0 Å². The zero-order valence-electron chi connectivity index (χ0n) is 15.1. The molecule has 0 aliphatic carbocycles. The van der Waals surface area contributed by atoms with Crippen LogP contribution >= 0.6 is 12.2 Å². The molecule has 1 aromatic rings. The number of amides is 1. The Morgan fingerprint density at radius 1 is 0.933 bits per heavy atom. The molecule has 0 saturated heterocycles. The van der Waals surface area contributed by atoms with Crippen molar-refractivity contribution >= 4 is 56.9 Å². The van der Waals surface area contributed by atoms with Crippen molar-refractivity contribution in [3.63, 3.8) is 0 Å². The Balaban J connectivity index is 2.86. The van der Waals surface area contributed by atoms with Crippen molar-refractivity contribution in [2.75, 3.05) is 5.32 Å². The first-order valence-corrected chi connectivity index (χ1v) is 9.92. The highest BCUT2D eigenvalue weighted by molar-refractivity contribution is 7.89. The van der Waals surface area contributed by atoms with Crippen molar-refractivity contribution in [3.8, 4) is 0 Å². The summed E-state index contributed by atoms with van der Waals surface area (Å²) < 4.78 is 22.5. The molecule has 2 atom stereocenters. The molecule has 13 nitrogen and oxygen atoms in total. The van der Waals surface area contributed by atoms with Gasteiger partial charge >= 0.3 is 17.9 Å². The van der Waals surface area contributed by atoms with E-state index >= 15 is 0 Å². The van der Waals surface area contributed by atoms with Crippen LogP contribution in [0.2, 0.25) is 0 Å². The molecule has 0 heterocycles. The number of aliphatic carboxylic acids is 3. The molecule has 30 heavy (non-hydrogen) atoms. The van der Waals surface area contributed by atoms with Crippen LogP contribution in [0.5, 0.6) is 0 Å². The molecule has 0 spiro atoms. The van der Waals surface area contributed by atoms with Gasteiger partial charge in [-0.1, -0.05) is 0 Å². The molecule has 0 saturated carbocycles. The summed E-state index contributed by atoms with van der Waals surface area (Å²) in [5, 5.41) is 38.3. The summed E-state index contributed by atoms with van der Waals surface area (Å²) in [5.74, 6) is -5.60. The van der Waals surface area contributed by atoms with Gasteiger partial charge in [-0.3, -0.25) is 14.4 Å². The molecule has 1 rings (SSSR count). The maximum absolute atomic E-state index is 12.3. The van der Waals surface area contributed by atoms with Crippen LogP contribution in [-0.4, -0.2) is 64.7 Å².